The molecule has 0 radical (unpaired) electrons. The molecule has 2 aromatic rings. The molecule has 1 saturated heterocycles. The molecule has 0 aromatic heterocycles. The summed E-state index contributed by atoms with van der Waals surface area (Å²) in [4.78, 5) is 68.9. The van der Waals surface area contributed by atoms with Crippen LogP contribution in [0.15, 0.2) is 53.7 Å². The second-order valence-electron chi connectivity index (χ2n) is 10.7. The molecule has 2 aliphatic heterocycles. The number of aryl methyl sites for hydroxylation is 1. The molecule has 46 heavy (non-hydrogen) atoms. The van der Waals surface area contributed by atoms with Crippen LogP contribution in [0.4, 0.5) is 5.69 Å². The normalized spacial score (nSPS) is 22.9. The number of amides is 2. The van der Waals surface area contributed by atoms with Crippen LogP contribution in [0.2, 0.25) is 0 Å². The minimum absolute atomic E-state index is 0.0247. The van der Waals surface area contributed by atoms with E-state index in [-0.39, 0.29) is 5.71 Å². The quantitative estimate of drug-likeness (QED) is 0.156. The van der Waals surface area contributed by atoms with Crippen LogP contribution < -0.4 is 15.0 Å². The summed E-state index contributed by atoms with van der Waals surface area (Å²) in [5, 5.41) is 6.75. The number of oxime groups is 1. The number of rotatable bonds is 12. The van der Waals surface area contributed by atoms with E-state index < -0.39 is 67.0 Å². The fourth-order valence-corrected chi connectivity index (χ4v) is 5.18. The Bertz CT molecular complexity index is 1490. The van der Waals surface area contributed by atoms with Crippen LogP contribution in [0, 0.1) is 6.92 Å². The first kappa shape index (κ1) is 33.9. The molecule has 1 fully saturated rings. The van der Waals surface area contributed by atoms with Crippen LogP contribution in [-0.4, -0.2) is 85.8 Å². The smallest absolute Gasteiger partial charge is 0.303 e. The van der Waals surface area contributed by atoms with Gasteiger partial charge in [0, 0.05) is 39.8 Å². The molecule has 0 spiro atoms. The molecule has 0 aliphatic carbocycles. The maximum atomic E-state index is 13.6. The lowest BCUT2D eigenvalue weighted by atomic mass is 9.96. The van der Waals surface area contributed by atoms with Crippen LogP contribution in [-0.2, 0) is 47.8 Å². The van der Waals surface area contributed by atoms with Crippen molar-refractivity contribution in [2.45, 2.75) is 71.7 Å². The van der Waals surface area contributed by atoms with E-state index in [4.69, 9.17) is 28.5 Å². The van der Waals surface area contributed by atoms with Gasteiger partial charge >= 0.3 is 17.9 Å². The highest BCUT2D eigenvalue weighted by Crippen LogP contribution is 2.32. The molecule has 2 heterocycles. The molecule has 2 amide bonds. The number of para-hydroxylation sites is 2. The average Bonchev–Trinajstić information content (AvgIpc) is 3.26. The number of hydrogen-bond donors (Lipinski definition) is 1. The molecule has 2 aromatic carbocycles. The van der Waals surface area contributed by atoms with E-state index in [1.165, 1.54) is 13.8 Å². The number of nitrogens with zero attached hydrogens (tertiary/aromatic N) is 2. The number of carbonyl (C=O) groups excluding carboxylic acids is 5. The van der Waals surface area contributed by atoms with Gasteiger partial charge in [-0.25, -0.2) is 0 Å². The highest BCUT2D eigenvalue weighted by molar-refractivity contribution is 6.54. The second-order valence-corrected chi connectivity index (χ2v) is 10.7. The average molecular weight is 640 g/mol. The molecule has 0 bridgehead atoms. The highest BCUT2D eigenvalue weighted by Gasteiger charge is 2.52. The zero-order valence-electron chi connectivity index (χ0n) is 26.2. The Balaban J connectivity index is 1.58. The van der Waals surface area contributed by atoms with Gasteiger partial charge in [0.15, 0.2) is 17.9 Å². The van der Waals surface area contributed by atoms with Crippen molar-refractivity contribution in [3.63, 3.8) is 0 Å². The number of carbonyl (C=O) groups is 5. The summed E-state index contributed by atoms with van der Waals surface area (Å²) in [5.74, 6) is -2.35. The largest absolute Gasteiger partial charge is 0.493 e. The van der Waals surface area contributed by atoms with Gasteiger partial charge in [-0.1, -0.05) is 41.6 Å². The Kier molecular flexibility index (Phi) is 11.3. The van der Waals surface area contributed by atoms with E-state index in [1.807, 2.05) is 31.2 Å². The molecule has 2 aliphatic rings. The number of anilines is 1. The van der Waals surface area contributed by atoms with Gasteiger partial charge in [-0.3, -0.25) is 24.0 Å². The number of fused-ring (bicyclic) bond motifs is 1. The van der Waals surface area contributed by atoms with Gasteiger partial charge in [-0.2, -0.15) is 0 Å². The van der Waals surface area contributed by atoms with E-state index >= 15 is 0 Å². The predicted molar refractivity (Wildman–Crippen MR) is 162 cm³/mol. The van der Waals surface area contributed by atoms with Crippen LogP contribution in [0.25, 0.3) is 0 Å². The minimum atomic E-state index is -1.47. The summed E-state index contributed by atoms with van der Waals surface area (Å²) in [6.45, 7) is 6.92. The van der Waals surface area contributed by atoms with Gasteiger partial charge in [-0.05, 0) is 31.0 Å². The summed E-state index contributed by atoms with van der Waals surface area (Å²) in [5.41, 5.74) is 2.10. The van der Waals surface area contributed by atoms with Gasteiger partial charge < -0.3 is 38.7 Å². The topological polar surface area (TPSA) is 168 Å². The molecular weight excluding hydrogens is 602 g/mol. The van der Waals surface area contributed by atoms with Gasteiger partial charge in [-0.15, -0.1) is 0 Å². The molecule has 1 N–H and O–H groups in total. The molecule has 0 unspecified atom stereocenters. The Hall–Kier alpha value is -4.98. The zero-order chi connectivity index (χ0) is 33.4. The molecule has 5 atom stereocenters. The fourth-order valence-electron chi connectivity index (χ4n) is 5.18. The molecule has 4 rings (SSSR count). The monoisotopic (exact) mass is 639 g/mol. The van der Waals surface area contributed by atoms with Crippen molar-refractivity contribution in [3.8, 4) is 5.75 Å². The lowest BCUT2D eigenvalue weighted by Gasteiger charge is -2.43. The van der Waals surface area contributed by atoms with Gasteiger partial charge in [0.05, 0.1) is 12.3 Å². The SMILES string of the molecule is CC(=O)N[C@H]1[C@H](O/N=C2/C(=O)N(CCCOc3ccccc3C)c3ccccc32)O[C@H](COC(C)=O)[C@@H](OC(C)=O)[C@@H]1OC(C)=O. The maximum Gasteiger partial charge on any atom is 0.303 e. The van der Waals surface area contributed by atoms with E-state index in [1.54, 1.807) is 29.2 Å². The summed E-state index contributed by atoms with van der Waals surface area (Å²) >= 11 is 0. The third kappa shape index (κ3) is 8.38. The first-order valence-electron chi connectivity index (χ1n) is 14.7. The van der Waals surface area contributed by atoms with Crippen LogP contribution in [0.1, 0.15) is 45.2 Å². The standard InChI is InChI=1S/C32H37N3O11/c1-18-11-6-9-14-25(18)41-16-10-15-35-24-13-8-7-12-23(24)27(31(35)40)34-46-32-28(33-19(2)36)30(44-22(5)39)29(43-21(4)38)26(45-32)17-42-20(3)37/h6-9,11-14,26,28-30,32H,10,15-17H2,1-5H3,(H,33,36)/b34-27+/t26-,28-,29-,30-,32+/m1/s1. The number of nitrogens with one attached hydrogen (secondary N) is 1. The highest BCUT2D eigenvalue weighted by atomic mass is 16.8. The Morgan fingerprint density at radius 2 is 1.59 bits per heavy atom. The van der Waals surface area contributed by atoms with Crippen molar-refractivity contribution in [1.29, 1.82) is 0 Å². The van der Waals surface area contributed by atoms with Crippen molar-refractivity contribution in [2.75, 3.05) is 24.7 Å². The van der Waals surface area contributed by atoms with Crippen LogP contribution in [0.3, 0.4) is 0 Å². The number of benzene rings is 2. The van der Waals surface area contributed by atoms with E-state index in [0.717, 1.165) is 25.2 Å². The van der Waals surface area contributed by atoms with Crippen molar-refractivity contribution in [1.82, 2.24) is 5.32 Å². The number of esters is 3. The lowest BCUT2D eigenvalue weighted by molar-refractivity contribution is -0.278. The summed E-state index contributed by atoms with van der Waals surface area (Å²) in [6.07, 6.45) is -4.76. The lowest BCUT2D eigenvalue weighted by Crippen LogP contribution is -2.66. The van der Waals surface area contributed by atoms with E-state index in [9.17, 15) is 24.0 Å². The number of hydrogen-bond acceptors (Lipinski definition) is 12. The molecular formula is C32H37N3O11. The third-order valence-electron chi connectivity index (χ3n) is 7.09. The van der Waals surface area contributed by atoms with E-state index in [0.29, 0.717) is 30.8 Å². The Morgan fingerprint density at radius 1 is 0.913 bits per heavy atom. The van der Waals surface area contributed by atoms with Gasteiger partial charge in [0.1, 0.15) is 24.5 Å². The Morgan fingerprint density at radius 3 is 2.26 bits per heavy atom. The summed E-state index contributed by atoms with van der Waals surface area (Å²) in [6, 6.07) is 13.4. The molecule has 246 valence electrons. The van der Waals surface area contributed by atoms with Gasteiger partial charge in [0.2, 0.25) is 5.91 Å². The van der Waals surface area contributed by atoms with E-state index in [2.05, 4.69) is 10.5 Å². The van der Waals surface area contributed by atoms with Crippen molar-refractivity contribution >= 4 is 41.1 Å². The number of ether oxygens (including phenoxy) is 5. The van der Waals surface area contributed by atoms with Crippen LogP contribution in [0.5, 0.6) is 5.75 Å². The van der Waals surface area contributed by atoms with Crippen molar-refractivity contribution in [2.24, 2.45) is 5.16 Å². The third-order valence-corrected chi connectivity index (χ3v) is 7.09. The van der Waals surface area contributed by atoms with Crippen molar-refractivity contribution in [3.05, 3.63) is 59.7 Å². The first-order valence-corrected chi connectivity index (χ1v) is 14.7. The minimum Gasteiger partial charge on any atom is -0.493 e. The van der Waals surface area contributed by atoms with Gasteiger partial charge in [0.25, 0.3) is 12.2 Å². The second kappa shape index (κ2) is 15.3. The zero-order valence-corrected chi connectivity index (χ0v) is 26.2. The fraction of sp³-hybridized carbons (Fsp3) is 0.438. The Labute approximate surface area is 265 Å². The van der Waals surface area contributed by atoms with Crippen molar-refractivity contribution < 1.29 is 52.5 Å². The maximum absolute atomic E-state index is 13.6. The molecule has 0 saturated carbocycles. The van der Waals surface area contributed by atoms with Crippen LogP contribution >= 0.6 is 0 Å². The summed E-state index contributed by atoms with van der Waals surface area (Å²) in [7, 11) is 0. The first-order chi connectivity index (χ1) is 22.0. The molecule has 14 heteroatoms. The summed E-state index contributed by atoms with van der Waals surface area (Å²) < 4.78 is 27.9. The molecule has 14 nitrogen and oxygen atoms in total. The predicted octanol–water partition coefficient (Wildman–Crippen LogP) is 2.19.